The highest BCUT2D eigenvalue weighted by Crippen LogP contribution is 2.28. The van der Waals surface area contributed by atoms with Crippen molar-refractivity contribution in [3.05, 3.63) is 29.8 Å². The van der Waals surface area contributed by atoms with Crippen molar-refractivity contribution in [1.82, 2.24) is 0 Å². The molecule has 0 amide bonds. The zero-order chi connectivity index (χ0) is 12.4. The predicted molar refractivity (Wildman–Crippen MR) is 74.3 cm³/mol. The molecule has 0 radical (unpaired) electrons. The predicted octanol–water partition coefficient (Wildman–Crippen LogP) is 1.53. The summed E-state index contributed by atoms with van der Waals surface area (Å²) in [4.78, 5) is 2.69. The van der Waals surface area contributed by atoms with Gasteiger partial charge < -0.3 is 15.7 Å². The van der Waals surface area contributed by atoms with Crippen molar-refractivity contribution in [2.24, 2.45) is 11.7 Å². The van der Waals surface area contributed by atoms with Gasteiger partial charge in [-0.2, -0.15) is 0 Å². The van der Waals surface area contributed by atoms with Crippen LogP contribution in [0.5, 0.6) is 0 Å². The molecule has 0 aromatic heterocycles. The van der Waals surface area contributed by atoms with E-state index in [1.807, 2.05) is 31.2 Å². The summed E-state index contributed by atoms with van der Waals surface area (Å²) in [6, 6.07) is 7.93. The van der Waals surface area contributed by atoms with Gasteiger partial charge >= 0.3 is 0 Å². The van der Waals surface area contributed by atoms with Crippen LogP contribution in [0.3, 0.4) is 0 Å². The van der Waals surface area contributed by atoms with Crippen molar-refractivity contribution in [3.63, 3.8) is 0 Å². The van der Waals surface area contributed by atoms with Gasteiger partial charge in [0.15, 0.2) is 0 Å². The molecule has 1 aromatic carbocycles. The van der Waals surface area contributed by atoms with Crippen LogP contribution < -0.4 is 10.6 Å². The fraction of sp³-hybridized carbons (Fsp3) is 0.462. The smallest absolute Gasteiger partial charge is 0.106 e. The van der Waals surface area contributed by atoms with Gasteiger partial charge in [0.25, 0.3) is 0 Å². The van der Waals surface area contributed by atoms with Gasteiger partial charge in [-0.05, 0) is 25.5 Å². The highest BCUT2D eigenvalue weighted by atomic mass is 32.1. The average molecular weight is 250 g/mol. The molecule has 1 saturated heterocycles. The van der Waals surface area contributed by atoms with E-state index in [-0.39, 0.29) is 6.10 Å². The third-order valence-electron chi connectivity index (χ3n) is 3.42. The summed E-state index contributed by atoms with van der Waals surface area (Å²) in [6.45, 7) is 3.68. The van der Waals surface area contributed by atoms with Crippen LogP contribution in [0.1, 0.15) is 18.9 Å². The molecule has 92 valence electrons. The molecule has 3 N–H and O–H groups in total. The minimum atomic E-state index is -0.253. The molecule has 4 heteroatoms. The summed E-state index contributed by atoms with van der Waals surface area (Å²) in [6.07, 6.45) is 0.764. The summed E-state index contributed by atoms with van der Waals surface area (Å²) in [5.41, 5.74) is 7.74. The first-order chi connectivity index (χ1) is 8.09. The van der Waals surface area contributed by atoms with Crippen molar-refractivity contribution < 1.29 is 5.11 Å². The van der Waals surface area contributed by atoms with Gasteiger partial charge in [-0.3, -0.25) is 0 Å². The first kappa shape index (κ1) is 12.3. The molecule has 2 rings (SSSR count). The van der Waals surface area contributed by atoms with E-state index < -0.39 is 0 Å². The highest BCUT2D eigenvalue weighted by molar-refractivity contribution is 7.80. The largest absolute Gasteiger partial charge is 0.393 e. The molecule has 0 spiro atoms. The summed E-state index contributed by atoms with van der Waals surface area (Å²) in [7, 11) is 0. The summed E-state index contributed by atoms with van der Waals surface area (Å²) < 4.78 is 0. The Morgan fingerprint density at radius 1 is 1.53 bits per heavy atom. The van der Waals surface area contributed by atoms with Crippen molar-refractivity contribution in [2.45, 2.75) is 19.4 Å². The SMILES string of the molecule is CC(O)C1CCN(c2ccccc2C(N)=S)C1. The highest BCUT2D eigenvalue weighted by Gasteiger charge is 2.27. The number of thiocarbonyl (C=S) groups is 1. The van der Waals surface area contributed by atoms with Crippen molar-refractivity contribution >= 4 is 22.9 Å². The first-order valence-electron chi connectivity index (χ1n) is 5.91. The minimum absolute atomic E-state index is 0.253. The average Bonchev–Trinajstić information content (AvgIpc) is 2.78. The van der Waals surface area contributed by atoms with Crippen LogP contribution in [0.15, 0.2) is 24.3 Å². The fourth-order valence-corrected chi connectivity index (χ4v) is 2.53. The molecule has 1 heterocycles. The number of aliphatic hydroxyl groups excluding tert-OH is 1. The second-order valence-electron chi connectivity index (χ2n) is 4.62. The number of aliphatic hydroxyl groups is 1. The third-order valence-corrected chi connectivity index (χ3v) is 3.64. The van der Waals surface area contributed by atoms with E-state index >= 15 is 0 Å². The maximum Gasteiger partial charge on any atom is 0.106 e. The number of para-hydroxylation sites is 1. The molecule has 2 unspecified atom stereocenters. The third kappa shape index (κ3) is 2.58. The molecule has 3 nitrogen and oxygen atoms in total. The molecular weight excluding hydrogens is 232 g/mol. The van der Waals surface area contributed by atoms with Gasteiger partial charge in [-0.1, -0.05) is 24.4 Å². The van der Waals surface area contributed by atoms with Crippen LogP contribution in [0.2, 0.25) is 0 Å². The summed E-state index contributed by atoms with van der Waals surface area (Å²) >= 11 is 5.07. The fourth-order valence-electron chi connectivity index (χ4n) is 2.36. The van der Waals surface area contributed by atoms with Crippen LogP contribution in [-0.4, -0.2) is 29.3 Å². The molecule has 1 fully saturated rings. The van der Waals surface area contributed by atoms with Crippen LogP contribution in [-0.2, 0) is 0 Å². The lowest BCUT2D eigenvalue weighted by atomic mass is 10.0. The van der Waals surface area contributed by atoms with Gasteiger partial charge in [0.1, 0.15) is 4.99 Å². The Hall–Kier alpha value is -1.13. The second-order valence-corrected chi connectivity index (χ2v) is 5.06. The Labute approximate surface area is 107 Å². The van der Waals surface area contributed by atoms with Crippen LogP contribution >= 0.6 is 12.2 Å². The number of rotatable bonds is 3. The Morgan fingerprint density at radius 2 is 2.24 bits per heavy atom. The molecule has 1 aliphatic heterocycles. The van der Waals surface area contributed by atoms with Gasteiger partial charge in [0.05, 0.1) is 6.10 Å². The van der Waals surface area contributed by atoms with Crippen molar-refractivity contribution in [1.29, 1.82) is 0 Å². The van der Waals surface area contributed by atoms with E-state index in [9.17, 15) is 5.11 Å². The minimum Gasteiger partial charge on any atom is -0.393 e. The number of anilines is 1. The maximum absolute atomic E-state index is 9.62. The van der Waals surface area contributed by atoms with Gasteiger partial charge in [-0.15, -0.1) is 0 Å². The van der Waals surface area contributed by atoms with Crippen molar-refractivity contribution in [3.8, 4) is 0 Å². The molecule has 17 heavy (non-hydrogen) atoms. The Morgan fingerprint density at radius 3 is 2.82 bits per heavy atom. The van der Waals surface area contributed by atoms with E-state index in [1.165, 1.54) is 0 Å². The number of nitrogens with zero attached hydrogens (tertiary/aromatic N) is 1. The summed E-state index contributed by atoms with van der Waals surface area (Å²) in [5.74, 6) is 0.342. The van der Waals surface area contributed by atoms with Crippen LogP contribution in [0, 0.1) is 5.92 Å². The van der Waals surface area contributed by atoms with Gasteiger partial charge in [0.2, 0.25) is 0 Å². The normalized spacial score (nSPS) is 21.5. The maximum atomic E-state index is 9.62. The number of hydrogen-bond acceptors (Lipinski definition) is 3. The molecule has 0 bridgehead atoms. The first-order valence-corrected chi connectivity index (χ1v) is 6.32. The number of nitrogens with two attached hydrogens (primary N) is 1. The zero-order valence-electron chi connectivity index (χ0n) is 9.97. The van der Waals surface area contributed by atoms with Crippen LogP contribution in [0.25, 0.3) is 0 Å². The molecule has 1 aromatic rings. The molecule has 0 saturated carbocycles. The topological polar surface area (TPSA) is 49.5 Å². The Bertz CT molecular complexity index is 420. The lowest BCUT2D eigenvalue weighted by Gasteiger charge is -2.22. The lowest BCUT2D eigenvalue weighted by Crippen LogP contribution is -2.26. The van der Waals surface area contributed by atoms with Crippen molar-refractivity contribution in [2.75, 3.05) is 18.0 Å². The molecule has 1 aliphatic rings. The second kappa shape index (κ2) is 5.02. The zero-order valence-corrected chi connectivity index (χ0v) is 10.8. The van der Waals surface area contributed by atoms with E-state index in [0.717, 1.165) is 30.8 Å². The van der Waals surface area contributed by atoms with Crippen LogP contribution in [0.4, 0.5) is 5.69 Å². The lowest BCUT2D eigenvalue weighted by molar-refractivity contribution is 0.136. The monoisotopic (exact) mass is 250 g/mol. The quantitative estimate of drug-likeness (QED) is 0.799. The molecule has 2 atom stereocenters. The van der Waals surface area contributed by atoms with E-state index in [1.54, 1.807) is 0 Å². The van der Waals surface area contributed by atoms with E-state index in [4.69, 9.17) is 18.0 Å². The van der Waals surface area contributed by atoms with E-state index in [0.29, 0.717) is 10.9 Å². The number of hydrogen-bond donors (Lipinski definition) is 2. The van der Waals surface area contributed by atoms with Gasteiger partial charge in [-0.25, -0.2) is 0 Å². The molecule has 0 aliphatic carbocycles. The van der Waals surface area contributed by atoms with Gasteiger partial charge in [0, 0.05) is 30.3 Å². The molecular formula is C13H18N2OS. The van der Waals surface area contributed by atoms with E-state index in [2.05, 4.69) is 4.90 Å². The Balaban J connectivity index is 2.21. The standard InChI is InChI=1S/C13H18N2OS/c1-9(16)10-6-7-15(8-10)12-5-3-2-4-11(12)13(14)17/h2-5,9-10,16H,6-8H2,1H3,(H2,14,17). The summed E-state index contributed by atoms with van der Waals surface area (Å²) in [5, 5.41) is 9.62. The number of benzene rings is 1. The Kier molecular flexibility index (Phi) is 3.64.